The van der Waals surface area contributed by atoms with Crippen LogP contribution in [-0.4, -0.2) is 26.7 Å². The molecule has 2 aliphatic heterocycles. The van der Waals surface area contributed by atoms with Gasteiger partial charge >= 0.3 is 0 Å². The number of amides is 1. The molecule has 0 saturated carbocycles. The summed E-state index contributed by atoms with van der Waals surface area (Å²) in [5.74, 6) is -1.59. The number of fused-ring (bicyclic) bond motifs is 1. The molecule has 0 fully saturated rings. The van der Waals surface area contributed by atoms with Crippen molar-refractivity contribution >= 4 is 12.1 Å². The molecule has 3 heterocycles. The third kappa shape index (κ3) is 2.83. The summed E-state index contributed by atoms with van der Waals surface area (Å²) in [6, 6.07) is 2.91. The van der Waals surface area contributed by atoms with Crippen molar-refractivity contribution in [1.29, 1.82) is 0 Å². The van der Waals surface area contributed by atoms with Crippen LogP contribution in [0, 0.1) is 24.5 Å². The summed E-state index contributed by atoms with van der Waals surface area (Å²) in [7, 11) is 0. The molecule has 0 spiro atoms. The maximum atomic E-state index is 13.5. The fourth-order valence-electron chi connectivity index (χ4n) is 3.66. The maximum absolute atomic E-state index is 13.5. The summed E-state index contributed by atoms with van der Waals surface area (Å²) >= 11 is 0. The summed E-state index contributed by atoms with van der Waals surface area (Å²) in [5.41, 5.74) is 2.44. The minimum absolute atomic E-state index is 0.102. The molecule has 0 radical (unpaired) electrons. The van der Waals surface area contributed by atoms with Gasteiger partial charge in [0.1, 0.15) is 11.6 Å². The van der Waals surface area contributed by atoms with Gasteiger partial charge in [0.15, 0.2) is 0 Å². The highest BCUT2D eigenvalue weighted by Crippen LogP contribution is 2.33. The highest BCUT2D eigenvalue weighted by atomic mass is 19.1. The minimum Gasteiger partial charge on any atom is -0.334 e. The number of rotatable bonds is 2. The number of nitrogens with zero attached hydrogens (tertiary/aromatic N) is 4. The van der Waals surface area contributed by atoms with Crippen LogP contribution in [-0.2, 0) is 17.8 Å². The van der Waals surface area contributed by atoms with Gasteiger partial charge in [-0.2, -0.15) is 5.10 Å². The lowest BCUT2D eigenvalue weighted by molar-refractivity contribution is -0.138. The van der Waals surface area contributed by atoms with E-state index in [9.17, 15) is 13.6 Å². The molecule has 7 heteroatoms. The zero-order chi connectivity index (χ0) is 17.6. The van der Waals surface area contributed by atoms with E-state index in [1.54, 1.807) is 12.5 Å². The Balaban J connectivity index is 1.57. The summed E-state index contributed by atoms with van der Waals surface area (Å²) in [5, 5.41) is 5.57. The van der Waals surface area contributed by atoms with Gasteiger partial charge in [-0.3, -0.25) is 4.79 Å². The molecule has 25 heavy (non-hydrogen) atoms. The van der Waals surface area contributed by atoms with Crippen molar-refractivity contribution in [2.75, 3.05) is 0 Å². The van der Waals surface area contributed by atoms with Crippen LogP contribution in [0.1, 0.15) is 35.8 Å². The first-order chi connectivity index (χ1) is 12.0. The van der Waals surface area contributed by atoms with E-state index in [-0.39, 0.29) is 11.8 Å². The average molecular weight is 344 g/mol. The molecule has 2 aromatic rings. The lowest BCUT2D eigenvalue weighted by Gasteiger charge is -2.29. The van der Waals surface area contributed by atoms with Gasteiger partial charge in [0, 0.05) is 43.3 Å². The molecule has 130 valence electrons. The van der Waals surface area contributed by atoms with Crippen LogP contribution in [0.5, 0.6) is 0 Å². The van der Waals surface area contributed by atoms with Gasteiger partial charge in [-0.25, -0.2) is 18.8 Å². The van der Waals surface area contributed by atoms with Gasteiger partial charge < -0.3 is 4.57 Å². The highest BCUT2D eigenvalue weighted by Gasteiger charge is 2.35. The highest BCUT2D eigenvalue weighted by molar-refractivity contribution is 5.82. The van der Waals surface area contributed by atoms with Crippen LogP contribution in [0.15, 0.2) is 29.6 Å². The number of hydrazone groups is 1. The smallest absolute Gasteiger partial charge is 0.246 e. The molecule has 5 nitrogen and oxygen atoms in total. The standard InChI is InChI=1S/C18H18F2N4O/c1-11-17-8-12(3-5-23(17)10-21-11)18(25)24-16(2-4-22-24)13-6-14(19)9-15(20)7-13/h4,6-7,9-10,12,16H,2-3,5,8H2,1H3/t12-,16+/m1/s1. The monoisotopic (exact) mass is 344 g/mol. The Bertz CT molecular complexity index is 841. The number of imidazole rings is 1. The second kappa shape index (κ2) is 6.06. The number of carbonyl (C=O) groups excluding carboxylic acids is 1. The second-order valence-corrected chi connectivity index (χ2v) is 6.59. The molecular weight excluding hydrogens is 326 g/mol. The number of benzene rings is 1. The predicted molar refractivity (Wildman–Crippen MR) is 87.8 cm³/mol. The quantitative estimate of drug-likeness (QED) is 0.841. The Morgan fingerprint density at radius 2 is 2.00 bits per heavy atom. The molecule has 0 unspecified atom stereocenters. The molecule has 2 atom stereocenters. The van der Waals surface area contributed by atoms with E-state index in [2.05, 4.69) is 14.7 Å². The van der Waals surface area contributed by atoms with Crippen molar-refractivity contribution in [2.45, 2.75) is 38.8 Å². The Kier molecular flexibility index (Phi) is 3.86. The van der Waals surface area contributed by atoms with Gasteiger partial charge in [0.2, 0.25) is 5.91 Å². The molecule has 0 aliphatic carbocycles. The van der Waals surface area contributed by atoms with Crippen LogP contribution in [0.3, 0.4) is 0 Å². The lowest BCUT2D eigenvalue weighted by atomic mass is 9.93. The van der Waals surface area contributed by atoms with Crippen LogP contribution < -0.4 is 0 Å². The summed E-state index contributed by atoms with van der Waals surface area (Å²) in [4.78, 5) is 17.3. The molecule has 0 bridgehead atoms. The van der Waals surface area contributed by atoms with Crippen LogP contribution >= 0.6 is 0 Å². The first kappa shape index (κ1) is 15.9. The topological polar surface area (TPSA) is 50.5 Å². The average Bonchev–Trinajstić information content (AvgIpc) is 3.20. The van der Waals surface area contributed by atoms with Crippen molar-refractivity contribution in [2.24, 2.45) is 11.0 Å². The third-order valence-corrected chi connectivity index (χ3v) is 4.99. The number of hydrogen-bond donors (Lipinski definition) is 0. The van der Waals surface area contributed by atoms with Gasteiger partial charge in [-0.1, -0.05) is 0 Å². The molecule has 4 rings (SSSR count). The number of aryl methyl sites for hydroxylation is 2. The van der Waals surface area contributed by atoms with E-state index < -0.39 is 17.7 Å². The maximum Gasteiger partial charge on any atom is 0.246 e. The third-order valence-electron chi connectivity index (χ3n) is 4.99. The van der Waals surface area contributed by atoms with Gasteiger partial charge in [0.05, 0.1) is 18.1 Å². The van der Waals surface area contributed by atoms with Crippen molar-refractivity contribution in [3.8, 4) is 0 Å². The van der Waals surface area contributed by atoms with E-state index in [4.69, 9.17) is 0 Å². The zero-order valence-electron chi connectivity index (χ0n) is 13.8. The lowest BCUT2D eigenvalue weighted by Crippen LogP contribution is -2.36. The van der Waals surface area contributed by atoms with Gasteiger partial charge in [-0.05, 0) is 31.0 Å². The SMILES string of the molecule is Cc1ncn2c1C[C@H](C(=O)N1N=CC[C@H]1c1cc(F)cc(F)c1)CC2. The molecule has 0 N–H and O–H groups in total. The summed E-state index contributed by atoms with van der Waals surface area (Å²) < 4.78 is 29.2. The Morgan fingerprint density at radius 3 is 2.76 bits per heavy atom. The summed E-state index contributed by atoms with van der Waals surface area (Å²) in [6.07, 6.45) is 5.21. The molecule has 1 amide bonds. The minimum atomic E-state index is -0.647. The summed E-state index contributed by atoms with van der Waals surface area (Å²) in [6.45, 7) is 2.68. The number of hydrogen-bond acceptors (Lipinski definition) is 3. The Labute approximate surface area is 144 Å². The van der Waals surface area contributed by atoms with Crippen LogP contribution in [0.4, 0.5) is 8.78 Å². The molecule has 1 aromatic heterocycles. The van der Waals surface area contributed by atoms with Gasteiger partial charge in [-0.15, -0.1) is 0 Å². The molecule has 0 saturated heterocycles. The fourth-order valence-corrected chi connectivity index (χ4v) is 3.66. The van der Waals surface area contributed by atoms with E-state index in [0.717, 1.165) is 24.0 Å². The largest absolute Gasteiger partial charge is 0.334 e. The molecule has 2 aliphatic rings. The van der Waals surface area contributed by atoms with E-state index in [0.29, 0.717) is 24.8 Å². The van der Waals surface area contributed by atoms with E-state index in [1.807, 2.05) is 6.92 Å². The Morgan fingerprint density at radius 1 is 1.24 bits per heavy atom. The van der Waals surface area contributed by atoms with Crippen molar-refractivity contribution in [3.05, 3.63) is 53.1 Å². The number of aromatic nitrogens is 2. The van der Waals surface area contributed by atoms with Crippen LogP contribution in [0.25, 0.3) is 0 Å². The fraction of sp³-hybridized carbons (Fsp3) is 0.389. The van der Waals surface area contributed by atoms with Crippen molar-refractivity contribution in [3.63, 3.8) is 0 Å². The first-order valence-electron chi connectivity index (χ1n) is 8.35. The molecule has 1 aromatic carbocycles. The first-order valence-corrected chi connectivity index (χ1v) is 8.35. The van der Waals surface area contributed by atoms with Crippen molar-refractivity contribution < 1.29 is 13.6 Å². The Hall–Kier alpha value is -2.57. The van der Waals surface area contributed by atoms with E-state index in [1.165, 1.54) is 17.1 Å². The second-order valence-electron chi connectivity index (χ2n) is 6.59. The number of carbonyl (C=O) groups is 1. The van der Waals surface area contributed by atoms with Crippen LogP contribution in [0.2, 0.25) is 0 Å². The van der Waals surface area contributed by atoms with E-state index >= 15 is 0 Å². The molecular formula is C18H18F2N4O. The zero-order valence-corrected chi connectivity index (χ0v) is 13.8. The normalized spacial score (nSPS) is 22.3. The number of halogens is 2. The predicted octanol–water partition coefficient (Wildman–Crippen LogP) is 2.99. The van der Waals surface area contributed by atoms with Gasteiger partial charge in [0.25, 0.3) is 0 Å². The van der Waals surface area contributed by atoms with Crippen molar-refractivity contribution in [1.82, 2.24) is 14.6 Å².